The first kappa shape index (κ1) is 14.4. The number of imide groups is 1. The van der Waals surface area contributed by atoms with Crippen LogP contribution in [0.4, 0.5) is 10.5 Å². The number of halogens is 1. The number of hydrogen-bond donors (Lipinski definition) is 1. The number of benzene rings is 2. The number of nitrogens with zero attached hydrogens (tertiary/aromatic N) is 1. The minimum atomic E-state index is -0.466. The monoisotopic (exact) mass is 312 g/mol. The third-order valence-corrected chi connectivity index (χ3v) is 3.72. The van der Waals surface area contributed by atoms with Gasteiger partial charge >= 0.3 is 6.03 Å². The molecular weight excluding hydrogens is 300 g/mol. The van der Waals surface area contributed by atoms with Crippen molar-refractivity contribution in [3.63, 3.8) is 0 Å². The molecule has 2 aromatic carbocycles. The Hall–Kier alpha value is -2.59. The highest BCUT2D eigenvalue weighted by molar-refractivity contribution is 6.33. The van der Waals surface area contributed by atoms with E-state index in [2.05, 4.69) is 5.32 Å². The summed E-state index contributed by atoms with van der Waals surface area (Å²) >= 11 is 6.08. The van der Waals surface area contributed by atoms with Crippen molar-refractivity contribution >= 4 is 35.3 Å². The van der Waals surface area contributed by atoms with Crippen LogP contribution in [0.3, 0.4) is 0 Å². The maximum absolute atomic E-state index is 12.4. The normalized spacial score (nSPS) is 16.3. The van der Waals surface area contributed by atoms with Gasteiger partial charge in [-0.05, 0) is 36.8 Å². The van der Waals surface area contributed by atoms with E-state index in [0.29, 0.717) is 16.3 Å². The zero-order chi connectivity index (χ0) is 15.7. The number of rotatable bonds is 2. The predicted octanol–water partition coefficient (Wildman–Crippen LogP) is 3.75. The molecule has 1 aliphatic heterocycles. The summed E-state index contributed by atoms with van der Waals surface area (Å²) in [5.74, 6) is -0.395. The van der Waals surface area contributed by atoms with Crippen molar-refractivity contribution in [1.29, 1.82) is 0 Å². The van der Waals surface area contributed by atoms with E-state index in [1.165, 1.54) is 0 Å². The third kappa shape index (κ3) is 2.61. The maximum Gasteiger partial charge on any atom is 0.333 e. The Morgan fingerprint density at radius 1 is 1.05 bits per heavy atom. The van der Waals surface area contributed by atoms with Crippen LogP contribution in [0.15, 0.2) is 54.2 Å². The molecular formula is C17H13ClN2O2. The minimum absolute atomic E-state index is 0.207. The van der Waals surface area contributed by atoms with Crippen molar-refractivity contribution in [3.05, 3.63) is 70.4 Å². The molecule has 0 aliphatic carbocycles. The van der Waals surface area contributed by atoms with Crippen molar-refractivity contribution in [1.82, 2.24) is 5.32 Å². The van der Waals surface area contributed by atoms with Gasteiger partial charge in [0, 0.05) is 5.02 Å². The van der Waals surface area contributed by atoms with Crippen molar-refractivity contribution < 1.29 is 9.59 Å². The first-order chi connectivity index (χ1) is 10.6. The van der Waals surface area contributed by atoms with Crippen LogP contribution in [-0.4, -0.2) is 11.9 Å². The van der Waals surface area contributed by atoms with E-state index in [1.54, 1.807) is 36.4 Å². The van der Waals surface area contributed by atoms with Crippen molar-refractivity contribution in [3.8, 4) is 0 Å². The number of urea groups is 1. The molecule has 1 fully saturated rings. The number of carbonyl (C=O) groups excluding carboxylic acids is 2. The van der Waals surface area contributed by atoms with Crippen LogP contribution in [0.25, 0.3) is 6.08 Å². The van der Waals surface area contributed by atoms with E-state index < -0.39 is 11.9 Å². The largest absolute Gasteiger partial charge is 0.333 e. The third-order valence-electron chi connectivity index (χ3n) is 3.38. The molecule has 0 aromatic heterocycles. The molecule has 0 saturated carbocycles. The first-order valence-corrected chi connectivity index (χ1v) is 7.12. The molecule has 1 N–H and O–H groups in total. The Kier molecular flexibility index (Phi) is 3.69. The topological polar surface area (TPSA) is 49.4 Å². The van der Waals surface area contributed by atoms with E-state index in [9.17, 15) is 9.59 Å². The molecule has 0 bridgehead atoms. The number of nitrogens with one attached hydrogen (secondary N) is 1. The first-order valence-electron chi connectivity index (χ1n) is 6.74. The van der Waals surface area contributed by atoms with Gasteiger partial charge in [-0.1, -0.05) is 47.5 Å². The number of anilines is 1. The molecule has 0 unspecified atom stereocenters. The lowest BCUT2D eigenvalue weighted by atomic mass is 10.2. The Morgan fingerprint density at radius 2 is 1.73 bits per heavy atom. The van der Waals surface area contributed by atoms with Gasteiger partial charge in [-0.25, -0.2) is 9.69 Å². The molecule has 4 nitrogen and oxygen atoms in total. The summed E-state index contributed by atoms with van der Waals surface area (Å²) in [5.41, 5.74) is 2.48. The number of aryl methyl sites for hydroxylation is 1. The second-order valence-electron chi connectivity index (χ2n) is 4.99. The van der Waals surface area contributed by atoms with Crippen LogP contribution in [-0.2, 0) is 4.79 Å². The summed E-state index contributed by atoms with van der Waals surface area (Å²) in [6, 6.07) is 13.9. The van der Waals surface area contributed by atoms with E-state index in [0.717, 1.165) is 10.5 Å². The molecule has 1 aliphatic rings. The molecule has 0 radical (unpaired) electrons. The molecule has 2 aromatic rings. The smallest absolute Gasteiger partial charge is 0.302 e. The van der Waals surface area contributed by atoms with E-state index in [-0.39, 0.29) is 5.70 Å². The highest BCUT2D eigenvalue weighted by Gasteiger charge is 2.34. The maximum atomic E-state index is 12.4. The summed E-state index contributed by atoms with van der Waals surface area (Å²) in [4.78, 5) is 25.6. The van der Waals surface area contributed by atoms with Gasteiger partial charge < -0.3 is 5.32 Å². The molecule has 0 spiro atoms. The lowest BCUT2D eigenvalue weighted by Crippen LogP contribution is -2.30. The average molecular weight is 313 g/mol. The van der Waals surface area contributed by atoms with Gasteiger partial charge in [-0.2, -0.15) is 0 Å². The molecule has 110 valence electrons. The van der Waals surface area contributed by atoms with Gasteiger partial charge in [0.15, 0.2) is 0 Å². The zero-order valence-corrected chi connectivity index (χ0v) is 12.6. The second kappa shape index (κ2) is 5.66. The Labute approximate surface area is 133 Å². The van der Waals surface area contributed by atoms with Gasteiger partial charge in [0.25, 0.3) is 5.91 Å². The van der Waals surface area contributed by atoms with Gasteiger partial charge in [0.2, 0.25) is 0 Å². The Balaban J connectivity index is 1.95. The molecule has 3 rings (SSSR count). The van der Waals surface area contributed by atoms with Crippen molar-refractivity contribution in [2.75, 3.05) is 4.90 Å². The van der Waals surface area contributed by atoms with E-state index >= 15 is 0 Å². The molecule has 5 heteroatoms. The standard InChI is InChI=1S/C17H13ClN2O2/c1-11-6-8-13(9-7-11)20-16(21)15(19-17(20)22)10-12-4-2-3-5-14(12)18/h2-10H,1H3,(H,19,22)/b15-10-. The Bertz CT molecular complexity index is 782. The van der Waals surface area contributed by atoms with Crippen molar-refractivity contribution in [2.24, 2.45) is 0 Å². The fourth-order valence-electron chi connectivity index (χ4n) is 2.21. The number of amides is 3. The fourth-order valence-corrected chi connectivity index (χ4v) is 2.40. The SMILES string of the molecule is Cc1ccc(N2C(=O)N/C(=C\c3ccccc3Cl)C2=O)cc1. The summed E-state index contributed by atoms with van der Waals surface area (Å²) in [5, 5.41) is 3.10. The van der Waals surface area contributed by atoms with E-state index in [4.69, 9.17) is 11.6 Å². The van der Waals surface area contributed by atoms with Gasteiger partial charge in [0.1, 0.15) is 5.70 Å². The second-order valence-corrected chi connectivity index (χ2v) is 5.39. The summed E-state index contributed by atoms with van der Waals surface area (Å²) in [6.07, 6.45) is 1.58. The molecule has 1 saturated heterocycles. The summed E-state index contributed by atoms with van der Waals surface area (Å²) in [7, 11) is 0. The quantitative estimate of drug-likeness (QED) is 0.678. The van der Waals surface area contributed by atoms with Crippen LogP contribution in [0.2, 0.25) is 5.02 Å². The lowest BCUT2D eigenvalue weighted by molar-refractivity contribution is -0.113. The van der Waals surface area contributed by atoms with Crippen molar-refractivity contribution in [2.45, 2.75) is 6.92 Å². The molecule has 1 heterocycles. The number of hydrogen-bond acceptors (Lipinski definition) is 2. The highest BCUT2D eigenvalue weighted by Crippen LogP contribution is 2.24. The van der Waals surface area contributed by atoms with Crippen LogP contribution in [0.5, 0.6) is 0 Å². The predicted molar refractivity (Wildman–Crippen MR) is 86.6 cm³/mol. The van der Waals surface area contributed by atoms with Crippen LogP contribution in [0, 0.1) is 6.92 Å². The van der Waals surface area contributed by atoms with E-state index in [1.807, 2.05) is 25.1 Å². The fraction of sp³-hybridized carbons (Fsp3) is 0.0588. The average Bonchev–Trinajstić information content (AvgIpc) is 2.77. The molecule has 22 heavy (non-hydrogen) atoms. The van der Waals surface area contributed by atoms with Crippen LogP contribution in [0.1, 0.15) is 11.1 Å². The van der Waals surface area contributed by atoms with Crippen LogP contribution >= 0.6 is 11.6 Å². The minimum Gasteiger partial charge on any atom is -0.302 e. The van der Waals surface area contributed by atoms with Crippen LogP contribution < -0.4 is 10.2 Å². The lowest BCUT2D eigenvalue weighted by Gasteiger charge is -2.11. The summed E-state index contributed by atoms with van der Waals surface area (Å²) in [6.45, 7) is 1.94. The zero-order valence-electron chi connectivity index (χ0n) is 11.8. The molecule has 3 amide bonds. The Morgan fingerprint density at radius 3 is 2.41 bits per heavy atom. The summed E-state index contributed by atoms with van der Waals surface area (Å²) < 4.78 is 0. The molecule has 0 atom stereocenters. The highest BCUT2D eigenvalue weighted by atomic mass is 35.5. The van der Waals surface area contributed by atoms with Gasteiger partial charge in [0.05, 0.1) is 5.69 Å². The number of carbonyl (C=O) groups is 2. The van der Waals surface area contributed by atoms with Gasteiger partial charge in [-0.15, -0.1) is 0 Å². The van der Waals surface area contributed by atoms with Gasteiger partial charge in [-0.3, -0.25) is 4.79 Å².